The fourth-order valence-electron chi connectivity index (χ4n) is 3.73. The number of benzene rings is 2. The third-order valence-corrected chi connectivity index (χ3v) is 5.41. The van der Waals surface area contributed by atoms with Gasteiger partial charge in [-0.25, -0.2) is 4.39 Å². The summed E-state index contributed by atoms with van der Waals surface area (Å²) in [5.41, 5.74) is 3.36. The monoisotopic (exact) mass is 400 g/mol. The fraction of sp³-hybridized carbons (Fsp3) is 0.435. The molecular weight excluding hydrogens is 371 g/mol. The minimum absolute atomic E-state index is 0.00805. The first kappa shape index (κ1) is 21.1. The van der Waals surface area contributed by atoms with E-state index in [1.165, 1.54) is 17.7 Å². The van der Waals surface area contributed by atoms with E-state index < -0.39 is 0 Å². The molecule has 1 amide bonds. The summed E-state index contributed by atoms with van der Waals surface area (Å²) in [6, 6.07) is 10.6. The average molecular weight is 400 g/mol. The summed E-state index contributed by atoms with van der Waals surface area (Å²) in [6.45, 7) is 5.78. The largest absolute Gasteiger partial charge is 0.493 e. The molecule has 6 heteroatoms. The fourth-order valence-corrected chi connectivity index (χ4v) is 3.73. The Labute approximate surface area is 171 Å². The van der Waals surface area contributed by atoms with Crippen LogP contribution in [0, 0.1) is 11.7 Å². The Morgan fingerprint density at radius 3 is 2.45 bits per heavy atom. The van der Waals surface area contributed by atoms with Gasteiger partial charge in [0.2, 0.25) is 5.91 Å². The Hall–Kier alpha value is -2.60. The Balaban J connectivity index is 1.91. The van der Waals surface area contributed by atoms with E-state index in [0.29, 0.717) is 24.6 Å². The van der Waals surface area contributed by atoms with Crippen LogP contribution in [0.3, 0.4) is 0 Å². The second kappa shape index (κ2) is 9.27. The highest BCUT2D eigenvalue weighted by atomic mass is 19.1. The molecular formula is C23H29FN2O3. The van der Waals surface area contributed by atoms with Crippen molar-refractivity contribution < 1.29 is 18.7 Å². The van der Waals surface area contributed by atoms with Crippen molar-refractivity contribution in [2.45, 2.75) is 32.9 Å². The van der Waals surface area contributed by atoms with E-state index in [1.54, 1.807) is 14.2 Å². The molecule has 0 spiro atoms. The van der Waals surface area contributed by atoms with Gasteiger partial charge in [-0.2, -0.15) is 0 Å². The molecule has 1 atom stereocenters. The molecule has 0 aliphatic carbocycles. The molecule has 3 rings (SSSR count). The molecule has 1 aliphatic heterocycles. The van der Waals surface area contributed by atoms with Crippen LogP contribution in [0.2, 0.25) is 0 Å². The highest BCUT2D eigenvalue weighted by Gasteiger charge is 2.29. The molecule has 5 nitrogen and oxygen atoms in total. The van der Waals surface area contributed by atoms with E-state index in [9.17, 15) is 9.18 Å². The van der Waals surface area contributed by atoms with Gasteiger partial charge in [-0.05, 0) is 47.4 Å². The summed E-state index contributed by atoms with van der Waals surface area (Å²) in [7, 11) is 3.26. The Morgan fingerprint density at radius 2 is 1.83 bits per heavy atom. The first-order valence-electron chi connectivity index (χ1n) is 9.94. The molecule has 156 valence electrons. The number of rotatable bonds is 7. The van der Waals surface area contributed by atoms with Gasteiger partial charge in [0.05, 0.1) is 20.3 Å². The zero-order chi connectivity index (χ0) is 21.0. The van der Waals surface area contributed by atoms with Crippen molar-refractivity contribution in [3.63, 3.8) is 0 Å². The normalized spacial score (nSPS) is 16.4. The number of hydrogen-bond acceptors (Lipinski definition) is 4. The number of hydrogen-bond donors (Lipinski definition) is 1. The molecule has 1 unspecified atom stereocenters. The number of fused-ring (bicyclic) bond motifs is 1. The lowest BCUT2D eigenvalue weighted by Crippen LogP contribution is -2.42. The van der Waals surface area contributed by atoms with E-state index in [1.807, 2.05) is 38.1 Å². The number of ether oxygens (including phenoxy) is 2. The topological polar surface area (TPSA) is 50.8 Å². The van der Waals surface area contributed by atoms with Crippen LogP contribution in [0.15, 0.2) is 36.4 Å². The van der Waals surface area contributed by atoms with Gasteiger partial charge in [0, 0.05) is 25.6 Å². The lowest BCUT2D eigenvalue weighted by Gasteiger charge is -2.38. The van der Waals surface area contributed by atoms with Crippen molar-refractivity contribution >= 4 is 5.91 Å². The molecule has 0 radical (unpaired) electrons. The predicted molar refractivity (Wildman–Crippen MR) is 111 cm³/mol. The lowest BCUT2D eigenvalue weighted by atomic mass is 9.91. The molecule has 29 heavy (non-hydrogen) atoms. The van der Waals surface area contributed by atoms with Crippen LogP contribution in [0.25, 0.3) is 0 Å². The highest BCUT2D eigenvalue weighted by Crippen LogP contribution is 2.38. The molecule has 1 N–H and O–H groups in total. The zero-order valence-electron chi connectivity index (χ0n) is 17.5. The third kappa shape index (κ3) is 4.88. The van der Waals surface area contributed by atoms with Crippen LogP contribution in [0.4, 0.5) is 4.39 Å². The van der Waals surface area contributed by atoms with Crippen molar-refractivity contribution in [2.75, 3.05) is 27.3 Å². The average Bonchev–Trinajstić information content (AvgIpc) is 2.73. The van der Waals surface area contributed by atoms with Gasteiger partial charge in [-0.3, -0.25) is 9.69 Å². The SMILES string of the molecule is COc1cc2c(cc1OC)C(CNC(=O)C(C)C)N(Cc1ccc(F)cc1)CC2. The number of amides is 1. The quantitative estimate of drug-likeness (QED) is 0.770. The van der Waals surface area contributed by atoms with E-state index in [4.69, 9.17) is 9.47 Å². The molecule has 0 saturated carbocycles. The maximum absolute atomic E-state index is 13.3. The Kier molecular flexibility index (Phi) is 6.75. The number of nitrogens with zero attached hydrogens (tertiary/aromatic N) is 1. The maximum Gasteiger partial charge on any atom is 0.222 e. The van der Waals surface area contributed by atoms with Gasteiger partial charge in [-0.15, -0.1) is 0 Å². The lowest BCUT2D eigenvalue weighted by molar-refractivity contribution is -0.124. The molecule has 0 bridgehead atoms. The zero-order valence-corrected chi connectivity index (χ0v) is 17.5. The molecule has 0 fully saturated rings. The Morgan fingerprint density at radius 1 is 1.17 bits per heavy atom. The van der Waals surface area contributed by atoms with Crippen molar-refractivity contribution in [3.8, 4) is 11.5 Å². The van der Waals surface area contributed by atoms with Gasteiger partial charge < -0.3 is 14.8 Å². The second-order valence-corrected chi connectivity index (χ2v) is 7.67. The number of methoxy groups -OCH3 is 2. The van der Waals surface area contributed by atoms with Gasteiger partial charge in [0.25, 0.3) is 0 Å². The number of carbonyl (C=O) groups excluding carboxylic acids is 1. The first-order valence-corrected chi connectivity index (χ1v) is 9.94. The van der Waals surface area contributed by atoms with Crippen LogP contribution in [0.5, 0.6) is 11.5 Å². The van der Waals surface area contributed by atoms with Crippen molar-refractivity contribution in [2.24, 2.45) is 5.92 Å². The predicted octanol–water partition coefficient (Wildman–Crippen LogP) is 3.71. The van der Waals surface area contributed by atoms with E-state index in [-0.39, 0.29) is 23.7 Å². The molecule has 2 aromatic rings. The summed E-state index contributed by atoms with van der Waals surface area (Å²) in [4.78, 5) is 14.5. The minimum atomic E-state index is -0.240. The van der Waals surface area contributed by atoms with Gasteiger partial charge in [-0.1, -0.05) is 26.0 Å². The highest BCUT2D eigenvalue weighted by molar-refractivity contribution is 5.77. The maximum atomic E-state index is 13.3. The smallest absolute Gasteiger partial charge is 0.222 e. The summed E-state index contributed by atoms with van der Waals surface area (Å²) in [5, 5.41) is 3.07. The van der Waals surface area contributed by atoms with E-state index in [0.717, 1.165) is 24.1 Å². The van der Waals surface area contributed by atoms with Crippen LogP contribution in [0.1, 0.15) is 36.6 Å². The van der Waals surface area contributed by atoms with Crippen LogP contribution >= 0.6 is 0 Å². The summed E-state index contributed by atoms with van der Waals surface area (Å²) >= 11 is 0. The molecule has 0 aromatic heterocycles. The summed E-state index contributed by atoms with van der Waals surface area (Å²) in [5.74, 6) is 1.10. The molecule has 1 heterocycles. The minimum Gasteiger partial charge on any atom is -0.493 e. The van der Waals surface area contributed by atoms with Crippen molar-refractivity contribution in [3.05, 3.63) is 58.9 Å². The van der Waals surface area contributed by atoms with Crippen LogP contribution in [-0.2, 0) is 17.8 Å². The summed E-state index contributed by atoms with van der Waals surface area (Å²) in [6.07, 6.45) is 0.867. The van der Waals surface area contributed by atoms with E-state index >= 15 is 0 Å². The summed E-state index contributed by atoms with van der Waals surface area (Å²) < 4.78 is 24.3. The molecule has 1 aliphatic rings. The Bertz CT molecular complexity index is 852. The van der Waals surface area contributed by atoms with Gasteiger partial charge in [0.15, 0.2) is 11.5 Å². The number of halogens is 1. The molecule has 2 aromatic carbocycles. The van der Waals surface area contributed by atoms with Gasteiger partial charge in [0.1, 0.15) is 5.82 Å². The van der Waals surface area contributed by atoms with Crippen LogP contribution in [-0.4, -0.2) is 38.1 Å². The second-order valence-electron chi connectivity index (χ2n) is 7.67. The van der Waals surface area contributed by atoms with Crippen molar-refractivity contribution in [1.29, 1.82) is 0 Å². The third-order valence-electron chi connectivity index (χ3n) is 5.41. The first-order chi connectivity index (χ1) is 13.9. The molecule has 0 saturated heterocycles. The van der Waals surface area contributed by atoms with Crippen molar-refractivity contribution in [1.82, 2.24) is 10.2 Å². The number of carbonyl (C=O) groups is 1. The van der Waals surface area contributed by atoms with E-state index in [2.05, 4.69) is 10.2 Å². The standard InChI is InChI=1S/C23H29FN2O3/c1-15(2)23(27)25-13-20-19-12-22(29-4)21(28-3)11-17(19)9-10-26(20)14-16-5-7-18(24)8-6-16/h5-8,11-12,15,20H,9-10,13-14H2,1-4H3,(H,25,27). The van der Waals surface area contributed by atoms with Crippen LogP contribution < -0.4 is 14.8 Å². The number of nitrogens with one attached hydrogen (secondary N) is 1. The van der Waals surface area contributed by atoms with Gasteiger partial charge >= 0.3 is 0 Å².